The van der Waals surface area contributed by atoms with Gasteiger partial charge in [-0.15, -0.1) is 0 Å². The zero-order chi connectivity index (χ0) is 22.5. The molecule has 10 heteroatoms. The van der Waals surface area contributed by atoms with E-state index in [1.165, 1.54) is 10.9 Å². The largest absolute Gasteiger partial charge is 0.462 e. The van der Waals surface area contributed by atoms with Gasteiger partial charge in [0, 0.05) is 26.1 Å². The molecule has 0 radical (unpaired) electrons. The van der Waals surface area contributed by atoms with Crippen LogP contribution in [0.4, 0.5) is 5.82 Å². The summed E-state index contributed by atoms with van der Waals surface area (Å²) < 4.78 is 12.2. The van der Waals surface area contributed by atoms with Gasteiger partial charge in [0.25, 0.3) is 0 Å². The molecule has 0 aromatic carbocycles. The quantitative estimate of drug-likeness (QED) is 0.661. The monoisotopic (exact) mass is 435 g/mol. The Morgan fingerprint density at radius 3 is 2.45 bits per heavy atom. The van der Waals surface area contributed by atoms with E-state index in [9.17, 15) is 14.4 Å². The van der Waals surface area contributed by atoms with Crippen LogP contribution in [-0.2, 0) is 26.1 Å². The van der Waals surface area contributed by atoms with Crippen molar-refractivity contribution in [3.8, 4) is 0 Å². The number of aryl methyl sites for hydroxylation is 1. The highest BCUT2D eigenvalue weighted by atomic mass is 16.5. The van der Waals surface area contributed by atoms with Gasteiger partial charge in [0.2, 0.25) is 11.8 Å². The topological polar surface area (TPSA) is 106 Å². The van der Waals surface area contributed by atoms with Gasteiger partial charge in [-0.1, -0.05) is 0 Å². The summed E-state index contributed by atoms with van der Waals surface area (Å²) in [6.45, 7) is 8.78. The fourth-order valence-corrected chi connectivity index (χ4v) is 4.27. The number of aromatic nitrogens is 2. The van der Waals surface area contributed by atoms with Gasteiger partial charge >= 0.3 is 5.97 Å². The number of likely N-dealkylation sites (tertiary alicyclic amines) is 1. The Morgan fingerprint density at radius 2 is 1.84 bits per heavy atom. The van der Waals surface area contributed by atoms with Gasteiger partial charge in [-0.2, -0.15) is 5.10 Å². The zero-order valence-corrected chi connectivity index (χ0v) is 18.8. The maximum Gasteiger partial charge on any atom is 0.343 e. The van der Waals surface area contributed by atoms with Crippen LogP contribution in [0.3, 0.4) is 0 Å². The van der Waals surface area contributed by atoms with Crippen molar-refractivity contribution in [3.63, 3.8) is 0 Å². The Balaban J connectivity index is 1.49. The summed E-state index contributed by atoms with van der Waals surface area (Å²) in [7, 11) is 1.66. The highest BCUT2D eigenvalue weighted by Gasteiger charge is 2.33. The van der Waals surface area contributed by atoms with E-state index in [1.807, 2.05) is 23.6 Å². The van der Waals surface area contributed by atoms with E-state index in [0.717, 1.165) is 12.8 Å². The summed E-state index contributed by atoms with van der Waals surface area (Å²) in [4.78, 5) is 41.5. The van der Waals surface area contributed by atoms with Gasteiger partial charge in [0.15, 0.2) is 0 Å². The highest BCUT2D eigenvalue weighted by Crippen LogP contribution is 2.22. The number of nitrogens with zero attached hydrogens (tertiary/aromatic N) is 4. The van der Waals surface area contributed by atoms with Crippen LogP contribution in [0.2, 0.25) is 0 Å². The second-order valence-corrected chi connectivity index (χ2v) is 8.35. The molecule has 1 aromatic rings. The van der Waals surface area contributed by atoms with E-state index in [-0.39, 0.29) is 48.7 Å². The summed E-state index contributed by atoms with van der Waals surface area (Å²) >= 11 is 0. The highest BCUT2D eigenvalue weighted by molar-refractivity contribution is 6.00. The number of hydrogen-bond acceptors (Lipinski definition) is 7. The SMILES string of the molecule is CCOC(=O)c1cnn(C)c1NC(=O)CN1CCC(C(=O)N2CC(C)OC(C)C2)CC1. The molecule has 2 fully saturated rings. The lowest BCUT2D eigenvalue weighted by Gasteiger charge is -2.39. The van der Waals surface area contributed by atoms with Crippen molar-refractivity contribution in [2.45, 2.75) is 45.8 Å². The molecule has 1 N–H and O–H groups in total. The first kappa shape index (κ1) is 23.2. The summed E-state index contributed by atoms with van der Waals surface area (Å²) in [5.41, 5.74) is 0.232. The number of piperidine rings is 1. The second kappa shape index (κ2) is 10.2. The van der Waals surface area contributed by atoms with Crippen LogP contribution in [0.5, 0.6) is 0 Å². The molecule has 2 saturated heterocycles. The molecule has 2 amide bonds. The lowest BCUT2D eigenvalue weighted by Crippen LogP contribution is -2.51. The number of ether oxygens (including phenoxy) is 2. The van der Waals surface area contributed by atoms with E-state index in [1.54, 1.807) is 14.0 Å². The number of esters is 1. The van der Waals surface area contributed by atoms with Crippen LogP contribution in [0, 0.1) is 5.92 Å². The number of carbonyl (C=O) groups excluding carboxylic acids is 3. The number of nitrogens with one attached hydrogen (secondary N) is 1. The van der Waals surface area contributed by atoms with Gasteiger partial charge in [-0.25, -0.2) is 4.79 Å². The number of amides is 2. The Morgan fingerprint density at radius 1 is 1.19 bits per heavy atom. The van der Waals surface area contributed by atoms with E-state index in [0.29, 0.717) is 32.0 Å². The summed E-state index contributed by atoms with van der Waals surface area (Å²) in [6.07, 6.45) is 2.96. The third kappa shape index (κ3) is 5.82. The third-order valence-corrected chi connectivity index (χ3v) is 5.73. The van der Waals surface area contributed by atoms with Crippen LogP contribution in [0.15, 0.2) is 6.20 Å². The minimum Gasteiger partial charge on any atom is -0.462 e. The van der Waals surface area contributed by atoms with E-state index in [2.05, 4.69) is 10.4 Å². The van der Waals surface area contributed by atoms with E-state index in [4.69, 9.17) is 9.47 Å². The summed E-state index contributed by atoms with van der Waals surface area (Å²) in [5.74, 6) is -0.236. The average Bonchev–Trinajstić information content (AvgIpc) is 3.07. The minimum atomic E-state index is -0.517. The van der Waals surface area contributed by atoms with Gasteiger partial charge in [-0.3, -0.25) is 19.2 Å². The molecule has 0 saturated carbocycles. The maximum atomic E-state index is 12.9. The van der Waals surface area contributed by atoms with Crippen molar-refractivity contribution in [3.05, 3.63) is 11.8 Å². The normalized spacial score (nSPS) is 22.9. The predicted molar refractivity (Wildman–Crippen MR) is 114 cm³/mol. The molecule has 10 nitrogen and oxygen atoms in total. The molecule has 0 bridgehead atoms. The Hall–Kier alpha value is -2.46. The number of rotatable bonds is 6. The molecule has 31 heavy (non-hydrogen) atoms. The van der Waals surface area contributed by atoms with Crippen molar-refractivity contribution < 1.29 is 23.9 Å². The standard InChI is InChI=1S/C21H33N5O5/c1-5-30-21(29)17-10-22-24(4)19(17)23-18(27)13-25-8-6-16(7-9-25)20(28)26-11-14(2)31-15(3)12-26/h10,14-16H,5-9,11-13H2,1-4H3,(H,23,27). The van der Waals surface area contributed by atoms with Crippen molar-refractivity contribution >= 4 is 23.6 Å². The Kier molecular flexibility index (Phi) is 7.66. The summed E-state index contributed by atoms with van der Waals surface area (Å²) in [6, 6.07) is 0. The van der Waals surface area contributed by atoms with Crippen LogP contribution in [0.1, 0.15) is 44.0 Å². The van der Waals surface area contributed by atoms with Gasteiger partial charge in [0.05, 0.1) is 31.6 Å². The zero-order valence-electron chi connectivity index (χ0n) is 18.8. The molecule has 2 aliphatic heterocycles. The van der Waals surface area contributed by atoms with Gasteiger partial charge in [-0.05, 0) is 46.7 Å². The van der Waals surface area contributed by atoms with Crippen molar-refractivity contribution in [2.24, 2.45) is 13.0 Å². The number of anilines is 1. The molecule has 2 unspecified atom stereocenters. The molecular formula is C21H33N5O5. The van der Waals surface area contributed by atoms with Crippen LogP contribution >= 0.6 is 0 Å². The maximum absolute atomic E-state index is 12.9. The van der Waals surface area contributed by atoms with Crippen molar-refractivity contribution in [2.75, 3.05) is 44.6 Å². The minimum absolute atomic E-state index is 0.00991. The van der Waals surface area contributed by atoms with Crippen LogP contribution in [0.25, 0.3) is 0 Å². The predicted octanol–water partition coefficient (Wildman–Crippen LogP) is 0.883. The number of hydrogen-bond donors (Lipinski definition) is 1. The number of morpholine rings is 1. The van der Waals surface area contributed by atoms with E-state index < -0.39 is 5.97 Å². The lowest BCUT2D eigenvalue weighted by molar-refractivity contribution is -0.148. The molecule has 0 aliphatic carbocycles. The fraction of sp³-hybridized carbons (Fsp3) is 0.714. The lowest BCUT2D eigenvalue weighted by atomic mass is 9.94. The van der Waals surface area contributed by atoms with Crippen LogP contribution < -0.4 is 5.32 Å². The summed E-state index contributed by atoms with van der Waals surface area (Å²) in [5, 5.41) is 6.81. The molecule has 2 atom stereocenters. The first-order chi connectivity index (χ1) is 14.8. The average molecular weight is 436 g/mol. The molecule has 172 valence electrons. The van der Waals surface area contributed by atoms with Crippen LogP contribution in [-0.4, -0.2) is 88.9 Å². The first-order valence-electron chi connectivity index (χ1n) is 10.9. The second-order valence-electron chi connectivity index (χ2n) is 8.35. The molecule has 3 rings (SSSR count). The van der Waals surface area contributed by atoms with Gasteiger partial charge < -0.3 is 19.7 Å². The Bertz CT molecular complexity index is 792. The fourth-order valence-electron chi connectivity index (χ4n) is 4.27. The van der Waals surface area contributed by atoms with Crippen molar-refractivity contribution in [1.82, 2.24) is 19.6 Å². The smallest absolute Gasteiger partial charge is 0.343 e. The first-order valence-corrected chi connectivity index (χ1v) is 10.9. The molecule has 0 spiro atoms. The Labute approximate surface area is 182 Å². The van der Waals surface area contributed by atoms with Crippen molar-refractivity contribution in [1.29, 1.82) is 0 Å². The third-order valence-electron chi connectivity index (χ3n) is 5.73. The van der Waals surface area contributed by atoms with Gasteiger partial charge in [0.1, 0.15) is 11.4 Å². The van der Waals surface area contributed by atoms with E-state index >= 15 is 0 Å². The molecule has 2 aliphatic rings. The number of carbonyl (C=O) groups is 3. The molecule has 1 aromatic heterocycles. The molecular weight excluding hydrogens is 402 g/mol. The molecule has 3 heterocycles.